The molecule has 1 aromatic heterocycles. The molecule has 0 spiro atoms. The van der Waals surface area contributed by atoms with Gasteiger partial charge in [0.05, 0.1) is 11.6 Å². The molecule has 3 N–H and O–H groups in total. The summed E-state index contributed by atoms with van der Waals surface area (Å²) < 4.78 is 42.5. The predicted molar refractivity (Wildman–Crippen MR) is 104 cm³/mol. The third kappa shape index (κ3) is 6.78. The molecule has 0 amide bonds. The molecule has 0 radical (unpaired) electrons. The number of para-hydroxylation sites is 1. The summed E-state index contributed by atoms with van der Waals surface area (Å²) >= 11 is 0.963. The van der Waals surface area contributed by atoms with Gasteiger partial charge in [-0.1, -0.05) is 18.2 Å². The zero-order chi connectivity index (χ0) is 17.6. The standard InChI is InChI=1S/C15H17F3N4OS.HI/c1-23-8-10-4-2-3-5-11(10)21-14(19)20-7-6-13-22-12(9-24-13)15(16,17)18;/h2-5,9H,6-8H2,1H3,(H3,19,20,21);1H. The van der Waals surface area contributed by atoms with Crippen LogP contribution in [0.1, 0.15) is 16.3 Å². The van der Waals surface area contributed by atoms with Crippen LogP contribution in [0.4, 0.5) is 18.9 Å². The number of alkyl halides is 3. The van der Waals surface area contributed by atoms with Crippen molar-refractivity contribution in [3.05, 3.63) is 45.9 Å². The minimum absolute atomic E-state index is 0. The van der Waals surface area contributed by atoms with Crippen molar-refractivity contribution in [1.82, 2.24) is 4.98 Å². The summed E-state index contributed by atoms with van der Waals surface area (Å²) in [4.78, 5) is 7.66. The number of benzene rings is 1. The lowest BCUT2D eigenvalue weighted by atomic mass is 10.2. The Kier molecular flexibility index (Phi) is 8.59. The van der Waals surface area contributed by atoms with Gasteiger partial charge in [-0.05, 0) is 6.07 Å². The third-order valence-electron chi connectivity index (χ3n) is 3.03. The van der Waals surface area contributed by atoms with E-state index in [4.69, 9.17) is 10.5 Å². The Morgan fingerprint density at radius 1 is 1.36 bits per heavy atom. The number of anilines is 1. The molecule has 0 atom stereocenters. The van der Waals surface area contributed by atoms with E-state index in [1.165, 1.54) is 0 Å². The Bertz CT molecular complexity index is 706. The Hall–Kier alpha value is -1.40. The number of nitrogens with two attached hydrogens (primary N) is 1. The zero-order valence-electron chi connectivity index (χ0n) is 13.3. The lowest BCUT2D eigenvalue weighted by molar-refractivity contribution is -0.140. The van der Waals surface area contributed by atoms with E-state index >= 15 is 0 Å². The lowest BCUT2D eigenvalue weighted by Gasteiger charge is -2.10. The number of methoxy groups -OCH3 is 1. The van der Waals surface area contributed by atoms with Crippen LogP contribution in [-0.4, -0.2) is 24.6 Å². The molecule has 0 unspecified atom stereocenters. The number of aromatic nitrogens is 1. The second kappa shape index (κ2) is 9.92. The van der Waals surface area contributed by atoms with E-state index in [-0.39, 0.29) is 36.5 Å². The summed E-state index contributed by atoms with van der Waals surface area (Å²) in [6.45, 7) is 0.672. The molecule has 1 aromatic carbocycles. The van der Waals surface area contributed by atoms with E-state index in [0.717, 1.165) is 28.0 Å². The molecule has 0 bridgehead atoms. The van der Waals surface area contributed by atoms with Crippen LogP contribution in [0.5, 0.6) is 0 Å². The fourth-order valence-corrected chi connectivity index (χ4v) is 2.72. The van der Waals surface area contributed by atoms with Crippen molar-refractivity contribution in [2.45, 2.75) is 19.2 Å². The van der Waals surface area contributed by atoms with Crippen LogP contribution in [0.25, 0.3) is 0 Å². The molecule has 0 saturated carbocycles. The monoisotopic (exact) mass is 486 g/mol. The number of ether oxygens (including phenoxy) is 1. The van der Waals surface area contributed by atoms with Crippen LogP contribution < -0.4 is 11.1 Å². The van der Waals surface area contributed by atoms with E-state index in [0.29, 0.717) is 18.0 Å². The summed E-state index contributed by atoms with van der Waals surface area (Å²) in [6.07, 6.45) is -4.12. The fraction of sp³-hybridized carbons (Fsp3) is 0.333. The van der Waals surface area contributed by atoms with Gasteiger partial charge in [0.25, 0.3) is 0 Å². The van der Waals surface area contributed by atoms with Crippen molar-refractivity contribution in [3.63, 3.8) is 0 Å². The van der Waals surface area contributed by atoms with Crippen molar-refractivity contribution in [1.29, 1.82) is 0 Å². The molecule has 0 fully saturated rings. The van der Waals surface area contributed by atoms with Crippen LogP contribution in [0.2, 0.25) is 0 Å². The smallest absolute Gasteiger partial charge is 0.380 e. The van der Waals surface area contributed by atoms with Crippen LogP contribution in [0.3, 0.4) is 0 Å². The van der Waals surface area contributed by atoms with E-state index in [9.17, 15) is 13.2 Å². The molecular formula is C15H18F3IN4OS. The first-order chi connectivity index (χ1) is 11.4. The minimum Gasteiger partial charge on any atom is -0.380 e. The Morgan fingerprint density at radius 3 is 2.72 bits per heavy atom. The van der Waals surface area contributed by atoms with Gasteiger partial charge in [-0.25, -0.2) is 4.98 Å². The molecule has 2 rings (SSSR count). The summed E-state index contributed by atoms with van der Waals surface area (Å²) in [7, 11) is 1.59. The van der Waals surface area contributed by atoms with Gasteiger partial charge in [-0.15, -0.1) is 35.3 Å². The highest BCUT2D eigenvalue weighted by Crippen LogP contribution is 2.30. The van der Waals surface area contributed by atoms with Crippen molar-refractivity contribution < 1.29 is 17.9 Å². The molecule has 1 heterocycles. The number of nitrogens with zero attached hydrogens (tertiary/aromatic N) is 2. The number of halogens is 4. The van der Waals surface area contributed by atoms with Crippen molar-refractivity contribution in [2.75, 3.05) is 19.0 Å². The van der Waals surface area contributed by atoms with E-state index in [1.807, 2.05) is 24.3 Å². The molecule has 0 aliphatic heterocycles. The summed E-state index contributed by atoms with van der Waals surface area (Å²) in [6, 6.07) is 7.47. The van der Waals surface area contributed by atoms with Crippen LogP contribution in [-0.2, 0) is 23.9 Å². The third-order valence-corrected chi connectivity index (χ3v) is 3.94. The summed E-state index contributed by atoms with van der Waals surface area (Å²) in [5.74, 6) is 0.186. The Balaban J connectivity index is 0.00000312. The average molecular weight is 486 g/mol. The number of nitrogens with one attached hydrogen (secondary N) is 1. The SMILES string of the molecule is COCc1ccccc1NC(N)=NCCc1nc(C(F)(F)F)cs1.I. The molecule has 5 nitrogen and oxygen atoms in total. The van der Waals surface area contributed by atoms with Crippen LogP contribution in [0, 0.1) is 0 Å². The molecule has 10 heteroatoms. The van der Waals surface area contributed by atoms with E-state index in [1.54, 1.807) is 7.11 Å². The van der Waals surface area contributed by atoms with Gasteiger partial charge < -0.3 is 15.8 Å². The van der Waals surface area contributed by atoms with Gasteiger partial charge in [-0.3, -0.25) is 4.99 Å². The van der Waals surface area contributed by atoms with Gasteiger partial charge in [0, 0.05) is 36.7 Å². The number of thiazole rings is 1. The number of aliphatic imine (C=N–C) groups is 1. The Labute approximate surface area is 164 Å². The summed E-state index contributed by atoms with van der Waals surface area (Å²) in [5.41, 5.74) is 6.64. The maximum atomic E-state index is 12.5. The number of hydrogen-bond acceptors (Lipinski definition) is 4. The molecular weight excluding hydrogens is 468 g/mol. The maximum absolute atomic E-state index is 12.5. The molecule has 25 heavy (non-hydrogen) atoms. The van der Waals surface area contributed by atoms with Gasteiger partial charge in [0.1, 0.15) is 0 Å². The molecule has 0 aliphatic carbocycles. The first-order valence-corrected chi connectivity index (χ1v) is 7.93. The van der Waals surface area contributed by atoms with Crippen LogP contribution >= 0.6 is 35.3 Å². The van der Waals surface area contributed by atoms with E-state index < -0.39 is 11.9 Å². The van der Waals surface area contributed by atoms with E-state index in [2.05, 4.69) is 15.3 Å². The normalized spacial score (nSPS) is 11.9. The largest absolute Gasteiger partial charge is 0.434 e. The van der Waals surface area contributed by atoms with Crippen molar-refractivity contribution in [2.24, 2.45) is 10.7 Å². The maximum Gasteiger partial charge on any atom is 0.434 e. The highest BCUT2D eigenvalue weighted by atomic mass is 127. The second-order valence-corrected chi connectivity index (χ2v) is 5.80. The number of rotatable bonds is 6. The first-order valence-electron chi connectivity index (χ1n) is 7.05. The van der Waals surface area contributed by atoms with Gasteiger partial charge in [0.2, 0.25) is 0 Å². The zero-order valence-corrected chi connectivity index (χ0v) is 16.5. The topological polar surface area (TPSA) is 72.5 Å². The molecule has 0 saturated heterocycles. The molecule has 0 aliphatic rings. The quantitative estimate of drug-likeness (QED) is 0.369. The molecule has 138 valence electrons. The van der Waals surface area contributed by atoms with Gasteiger partial charge in [-0.2, -0.15) is 13.2 Å². The number of guanidine groups is 1. The van der Waals surface area contributed by atoms with Crippen molar-refractivity contribution in [3.8, 4) is 0 Å². The summed E-state index contributed by atoms with van der Waals surface area (Å²) in [5, 5.41) is 4.34. The molecule has 2 aromatic rings. The highest BCUT2D eigenvalue weighted by molar-refractivity contribution is 14.0. The van der Waals surface area contributed by atoms with Crippen molar-refractivity contribution >= 4 is 47.0 Å². The lowest BCUT2D eigenvalue weighted by Crippen LogP contribution is -2.23. The highest BCUT2D eigenvalue weighted by Gasteiger charge is 2.33. The fourth-order valence-electron chi connectivity index (χ4n) is 1.93. The minimum atomic E-state index is -4.41. The second-order valence-electron chi connectivity index (χ2n) is 4.86. The van der Waals surface area contributed by atoms with Crippen LogP contribution in [0.15, 0.2) is 34.6 Å². The number of hydrogen-bond donors (Lipinski definition) is 2. The van der Waals surface area contributed by atoms with Gasteiger partial charge >= 0.3 is 6.18 Å². The first kappa shape index (κ1) is 21.6. The average Bonchev–Trinajstić information content (AvgIpc) is 2.98. The Morgan fingerprint density at radius 2 is 2.08 bits per heavy atom. The predicted octanol–water partition coefficient (Wildman–Crippen LogP) is 3.90. The van der Waals surface area contributed by atoms with Gasteiger partial charge in [0.15, 0.2) is 11.7 Å².